The predicted octanol–water partition coefficient (Wildman–Crippen LogP) is -0.677. The number of carbonyl (C=O) groups is 1. The number of aliphatic hydroxyl groups is 1. The molecule has 1 radical (unpaired) electrons. The first-order valence-electron chi connectivity index (χ1n) is 5.15. The number of likely N-dealkylation sites (tertiary alicyclic amines) is 1. The van der Waals surface area contributed by atoms with Crippen molar-refractivity contribution >= 4 is 5.78 Å². The Morgan fingerprint density at radius 2 is 2.47 bits per heavy atom. The van der Waals surface area contributed by atoms with E-state index in [0.29, 0.717) is 6.42 Å². The van der Waals surface area contributed by atoms with E-state index in [1.807, 2.05) is 24.5 Å². The number of aliphatic hydroxyl groups excluding tert-OH is 1. The third kappa shape index (κ3) is 4.31. The molecule has 3 atom stereocenters. The van der Waals surface area contributed by atoms with Crippen LogP contribution in [0.3, 0.4) is 0 Å². The minimum atomic E-state index is -0.328. The molecule has 6 heteroatoms. The van der Waals surface area contributed by atoms with Crippen LogP contribution in [-0.2, 0) is 42.3 Å². The first-order chi connectivity index (χ1) is 7.61. The number of ketones is 1. The van der Waals surface area contributed by atoms with Gasteiger partial charge in [0.15, 0.2) is 0 Å². The van der Waals surface area contributed by atoms with Crippen molar-refractivity contribution < 1.29 is 47.4 Å². The summed E-state index contributed by atoms with van der Waals surface area (Å²) >= 11 is 0. The molecule has 0 aromatic carbocycles. The third-order valence-electron chi connectivity index (χ3n) is 2.91. The first kappa shape index (κ1) is 17.0. The molecule has 1 aliphatic heterocycles. The molecule has 1 unspecified atom stereocenters. The minimum absolute atomic E-state index is 0. The Bertz CT molecular complexity index is 293. The summed E-state index contributed by atoms with van der Waals surface area (Å²) in [7, 11) is 1.85. The van der Waals surface area contributed by atoms with Crippen LogP contribution in [0.25, 0.3) is 0 Å². The van der Waals surface area contributed by atoms with Crippen molar-refractivity contribution in [1.82, 2.24) is 10.4 Å². The second-order valence-corrected chi connectivity index (χ2v) is 3.88. The summed E-state index contributed by atoms with van der Waals surface area (Å²) in [5, 5.41) is 9.21. The number of Topliss-reactive ketones (excluding diaryl/α,β-unsaturated/α-hetero) is 1. The van der Waals surface area contributed by atoms with Crippen molar-refractivity contribution in [3.8, 4) is 12.5 Å². The van der Waals surface area contributed by atoms with Gasteiger partial charge in [-0.1, -0.05) is 12.5 Å². The van der Waals surface area contributed by atoms with Gasteiger partial charge in [0.2, 0.25) is 0 Å². The maximum absolute atomic E-state index is 11.3. The monoisotopic (exact) mass is 314 g/mol. The van der Waals surface area contributed by atoms with E-state index < -0.39 is 0 Å². The first-order valence-corrected chi connectivity index (χ1v) is 5.15. The fraction of sp³-hybridized carbons (Fsp3) is 0.636. The van der Waals surface area contributed by atoms with Crippen LogP contribution in [0.15, 0.2) is 0 Å². The summed E-state index contributed by atoms with van der Waals surface area (Å²) in [5.41, 5.74) is 2.58. The smallest absolute Gasteiger partial charge is 0.144 e. The van der Waals surface area contributed by atoms with Crippen LogP contribution in [0.1, 0.15) is 13.3 Å². The van der Waals surface area contributed by atoms with Gasteiger partial charge in [-0.3, -0.25) is 4.79 Å². The number of rotatable bonds is 5. The van der Waals surface area contributed by atoms with Crippen LogP contribution in [0, 0.1) is 19.0 Å². The molecule has 0 amide bonds. The van der Waals surface area contributed by atoms with Crippen molar-refractivity contribution in [2.24, 2.45) is 0 Å². The summed E-state index contributed by atoms with van der Waals surface area (Å²) in [6, 6.07) is -0.510. The van der Waals surface area contributed by atoms with Gasteiger partial charge in [-0.05, 0) is 14.0 Å². The van der Waals surface area contributed by atoms with Crippen LogP contribution < -0.4 is 5.48 Å². The molecular weight excluding hydrogens is 297 g/mol. The van der Waals surface area contributed by atoms with Crippen molar-refractivity contribution in [3.63, 3.8) is 0 Å². The van der Waals surface area contributed by atoms with E-state index in [-0.39, 0.29) is 63.2 Å². The zero-order valence-corrected chi connectivity index (χ0v) is 12.9. The molecule has 1 saturated heterocycles. The van der Waals surface area contributed by atoms with Gasteiger partial charge in [0.1, 0.15) is 11.9 Å². The maximum Gasteiger partial charge on any atom is 0.144 e. The molecule has 0 aromatic heterocycles. The van der Waals surface area contributed by atoms with Crippen LogP contribution in [0.4, 0.5) is 0 Å². The van der Waals surface area contributed by atoms with Crippen LogP contribution >= 0.6 is 0 Å². The van der Waals surface area contributed by atoms with E-state index in [9.17, 15) is 9.90 Å². The Balaban J connectivity index is 0.00000256. The van der Waals surface area contributed by atoms with Crippen LogP contribution in [0.5, 0.6) is 0 Å². The van der Waals surface area contributed by atoms with Crippen molar-refractivity contribution in [3.05, 3.63) is 6.42 Å². The summed E-state index contributed by atoms with van der Waals surface area (Å²) in [5.74, 6) is 0.121. The minimum Gasteiger partial charge on any atom is -0.395 e. The Kier molecular flexibility index (Phi) is 8.18. The summed E-state index contributed by atoms with van der Waals surface area (Å²) < 4.78 is 0. The SMILES string of the molecule is C#CONC(CO)[C@H]1[CH-]C[C@H](C(C)=O)N1C.[Y]. The van der Waals surface area contributed by atoms with Crippen LogP contribution in [-0.4, -0.2) is 47.6 Å². The number of likely N-dealkylation sites (N-methyl/N-ethyl adjacent to an activating group) is 1. The number of nitrogens with one attached hydrogen (secondary N) is 1. The molecule has 0 aromatic rings. The molecule has 5 nitrogen and oxygen atoms in total. The Hall–Kier alpha value is 0.0139. The van der Waals surface area contributed by atoms with Gasteiger partial charge in [-0.25, -0.2) is 0 Å². The van der Waals surface area contributed by atoms with Gasteiger partial charge in [-0.2, -0.15) is 6.42 Å². The standard InChI is InChI=1S/C11H17N2O3.Y/c1-4-16-12-9(7-14)11-6-5-10(8(2)15)13(11)3;/h1,6,9-12,14H,5,7H2,2-3H3;/q-1;/t9?,10-,11-;/m1./s1. The Morgan fingerprint density at radius 1 is 1.82 bits per heavy atom. The second-order valence-electron chi connectivity index (χ2n) is 3.88. The fourth-order valence-corrected chi connectivity index (χ4v) is 2.03. The summed E-state index contributed by atoms with van der Waals surface area (Å²) in [6.45, 7) is 1.45. The van der Waals surface area contributed by atoms with E-state index in [0.717, 1.165) is 0 Å². The van der Waals surface area contributed by atoms with Crippen molar-refractivity contribution in [1.29, 1.82) is 0 Å². The number of carbonyl (C=O) groups excluding carboxylic acids is 1. The van der Waals surface area contributed by atoms with Gasteiger partial charge in [0.25, 0.3) is 0 Å². The molecule has 93 valence electrons. The summed E-state index contributed by atoms with van der Waals surface area (Å²) in [6.07, 6.45) is 9.60. The molecule has 1 heterocycles. The maximum atomic E-state index is 11.3. The molecule has 0 aliphatic carbocycles. The number of terminal acetylenes is 1. The molecule has 1 fully saturated rings. The van der Waals surface area contributed by atoms with E-state index >= 15 is 0 Å². The van der Waals surface area contributed by atoms with Gasteiger partial charge >= 0.3 is 0 Å². The van der Waals surface area contributed by atoms with E-state index in [1.54, 1.807) is 6.92 Å². The van der Waals surface area contributed by atoms with Crippen LogP contribution in [0.2, 0.25) is 0 Å². The zero-order valence-electron chi connectivity index (χ0n) is 10.1. The van der Waals surface area contributed by atoms with E-state index in [1.165, 1.54) is 0 Å². The second kappa shape index (κ2) is 8.17. The largest absolute Gasteiger partial charge is 0.395 e. The zero-order chi connectivity index (χ0) is 12.1. The molecule has 17 heavy (non-hydrogen) atoms. The molecule has 0 saturated carbocycles. The van der Waals surface area contributed by atoms with Gasteiger partial charge in [0.05, 0.1) is 12.6 Å². The van der Waals surface area contributed by atoms with Gasteiger partial charge in [0, 0.05) is 38.8 Å². The molecule has 1 rings (SSSR count). The molecular formula is C11H17N2O3Y-. The molecule has 0 bridgehead atoms. The number of hydrogen-bond acceptors (Lipinski definition) is 5. The van der Waals surface area contributed by atoms with E-state index in [2.05, 4.69) is 10.3 Å². The van der Waals surface area contributed by atoms with Crippen molar-refractivity contribution in [2.45, 2.75) is 31.5 Å². The van der Waals surface area contributed by atoms with Gasteiger partial charge in [-0.15, -0.1) is 5.48 Å². The third-order valence-corrected chi connectivity index (χ3v) is 2.91. The molecule has 0 spiro atoms. The predicted molar refractivity (Wildman–Crippen MR) is 58.9 cm³/mol. The number of hydroxylamine groups is 1. The number of nitrogens with zero attached hydrogens (tertiary/aromatic N) is 1. The summed E-state index contributed by atoms with van der Waals surface area (Å²) in [4.78, 5) is 17.9. The van der Waals surface area contributed by atoms with Gasteiger partial charge < -0.3 is 21.3 Å². The molecule has 2 N–H and O–H groups in total. The normalized spacial score (nSPS) is 25.8. The Labute approximate surface area is 127 Å². The quantitative estimate of drug-likeness (QED) is 0.400. The average Bonchev–Trinajstić information content (AvgIpc) is 2.62. The topological polar surface area (TPSA) is 61.8 Å². The number of hydrogen-bond donors (Lipinski definition) is 2. The van der Waals surface area contributed by atoms with E-state index in [4.69, 9.17) is 6.42 Å². The Morgan fingerprint density at radius 3 is 2.88 bits per heavy atom. The fourth-order valence-electron chi connectivity index (χ4n) is 2.03. The average molecular weight is 314 g/mol. The molecule has 1 aliphatic rings. The van der Waals surface area contributed by atoms with Crippen molar-refractivity contribution in [2.75, 3.05) is 13.7 Å².